The topological polar surface area (TPSA) is 58.6 Å². The zero-order valence-corrected chi connectivity index (χ0v) is 14.2. The summed E-state index contributed by atoms with van der Waals surface area (Å²) in [7, 11) is 0. The van der Waals surface area contributed by atoms with Gasteiger partial charge in [0.1, 0.15) is 0 Å². The van der Waals surface area contributed by atoms with Gasteiger partial charge in [-0.2, -0.15) is 26.3 Å². The van der Waals surface area contributed by atoms with E-state index in [1.807, 2.05) is 5.32 Å². The second-order valence-electron chi connectivity index (χ2n) is 6.22. The van der Waals surface area contributed by atoms with Crippen molar-refractivity contribution < 1.29 is 40.7 Å². The van der Waals surface area contributed by atoms with Gasteiger partial charge < -0.3 is 15.0 Å². The number of nitrogens with zero attached hydrogens (tertiary/aromatic N) is 1. The number of ether oxygens (including phenoxy) is 1. The van der Waals surface area contributed by atoms with Crippen LogP contribution in [0.5, 0.6) is 0 Å². The molecule has 150 valence electrons. The zero-order chi connectivity index (χ0) is 20.6. The fourth-order valence-corrected chi connectivity index (χ4v) is 2.70. The Bertz CT molecular complexity index is 690. The Hall–Kier alpha value is -2.30. The molecule has 1 aromatic rings. The van der Waals surface area contributed by atoms with Crippen LogP contribution in [0.4, 0.5) is 32.0 Å². The Balaban J connectivity index is 2.25. The molecule has 27 heavy (non-hydrogen) atoms. The summed E-state index contributed by atoms with van der Waals surface area (Å²) in [6.45, 7) is 3.48. The monoisotopic (exact) mass is 398 g/mol. The number of hydrogen-bond donors (Lipinski definition) is 1. The largest absolute Gasteiger partial charge is 0.416 e. The average molecular weight is 398 g/mol. The summed E-state index contributed by atoms with van der Waals surface area (Å²) in [5.41, 5.74) is -3.95. The molecule has 2 unspecified atom stereocenters. The highest BCUT2D eigenvalue weighted by Gasteiger charge is 2.37. The van der Waals surface area contributed by atoms with Crippen molar-refractivity contribution in [1.29, 1.82) is 0 Å². The van der Waals surface area contributed by atoms with E-state index in [4.69, 9.17) is 4.74 Å². The maximum Gasteiger partial charge on any atom is 0.416 e. The SMILES string of the molecule is CC1CN(C(=O)C(=O)Nc2cc(C(F)(F)F)cc(C(F)(F)F)c2)CC(C)O1. The minimum atomic E-state index is -5.06. The molecule has 5 nitrogen and oxygen atoms in total. The smallest absolute Gasteiger partial charge is 0.372 e. The fraction of sp³-hybridized carbons (Fsp3) is 0.500. The molecule has 1 fully saturated rings. The van der Waals surface area contributed by atoms with Gasteiger partial charge in [-0.1, -0.05) is 0 Å². The number of halogens is 6. The predicted octanol–water partition coefficient (Wildman–Crippen LogP) is 3.30. The van der Waals surface area contributed by atoms with Gasteiger partial charge in [0.05, 0.1) is 23.3 Å². The molecule has 1 saturated heterocycles. The molecule has 1 N–H and O–H groups in total. The van der Waals surface area contributed by atoms with E-state index < -0.39 is 41.0 Å². The fourth-order valence-electron chi connectivity index (χ4n) is 2.70. The number of morpholine rings is 1. The van der Waals surface area contributed by atoms with Crippen molar-refractivity contribution in [2.24, 2.45) is 0 Å². The van der Waals surface area contributed by atoms with Crippen molar-refractivity contribution in [2.75, 3.05) is 18.4 Å². The Morgan fingerprint density at radius 3 is 1.81 bits per heavy atom. The van der Waals surface area contributed by atoms with Crippen LogP contribution >= 0.6 is 0 Å². The first-order chi connectivity index (χ1) is 12.3. The third-order valence-electron chi connectivity index (χ3n) is 3.75. The van der Waals surface area contributed by atoms with Crippen molar-refractivity contribution in [3.05, 3.63) is 29.3 Å². The van der Waals surface area contributed by atoms with E-state index in [0.717, 1.165) is 4.90 Å². The third-order valence-corrected chi connectivity index (χ3v) is 3.75. The lowest BCUT2D eigenvalue weighted by Crippen LogP contribution is -2.51. The molecule has 1 aliphatic rings. The molecule has 0 aliphatic carbocycles. The summed E-state index contributed by atoms with van der Waals surface area (Å²) in [5.74, 6) is -2.40. The van der Waals surface area contributed by atoms with Crippen LogP contribution in [0, 0.1) is 0 Å². The molecule has 2 amide bonds. The summed E-state index contributed by atoms with van der Waals surface area (Å²) in [5, 5.41) is 1.82. The summed E-state index contributed by atoms with van der Waals surface area (Å²) in [6.07, 6.45) is -10.8. The third kappa shape index (κ3) is 5.34. The van der Waals surface area contributed by atoms with Crippen LogP contribution in [0.3, 0.4) is 0 Å². The molecule has 2 atom stereocenters. The first-order valence-electron chi connectivity index (χ1n) is 7.82. The van der Waals surface area contributed by atoms with Crippen LogP contribution in [0.1, 0.15) is 25.0 Å². The highest BCUT2D eigenvalue weighted by atomic mass is 19.4. The molecule has 0 bridgehead atoms. The highest BCUT2D eigenvalue weighted by molar-refractivity contribution is 6.39. The summed E-state index contributed by atoms with van der Waals surface area (Å²) < 4.78 is 82.4. The van der Waals surface area contributed by atoms with E-state index in [1.165, 1.54) is 0 Å². The Labute approximate surface area is 150 Å². The molecule has 11 heteroatoms. The molecule has 0 radical (unpaired) electrons. The maximum atomic E-state index is 12.8. The quantitative estimate of drug-likeness (QED) is 0.584. The van der Waals surface area contributed by atoms with Crippen LogP contribution in [-0.2, 0) is 26.7 Å². The number of rotatable bonds is 1. The maximum absolute atomic E-state index is 12.8. The van der Waals surface area contributed by atoms with Gasteiger partial charge in [-0.05, 0) is 32.0 Å². The van der Waals surface area contributed by atoms with Gasteiger partial charge in [-0.15, -0.1) is 0 Å². The standard InChI is InChI=1S/C16H16F6N2O3/c1-8-6-24(7-9(2)27-8)14(26)13(25)23-12-4-10(15(17,18)19)3-11(5-12)16(20,21)22/h3-5,8-9H,6-7H2,1-2H3,(H,23,25). The number of alkyl halides is 6. The molecule has 2 rings (SSSR count). The van der Waals surface area contributed by atoms with Crippen LogP contribution in [0.15, 0.2) is 18.2 Å². The molecular weight excluding hydrogens is 382 g/mol. The number of anilines is 1. The lowest BCUT2D eigenvalue weighted by Gasteiger charge is -2.34. The number of carbonyl (C=O) groups excluding carboxylic acids is 2. The van der Waals surface area contributed by atoms with Crippen molar-refractivity contribution in [1.82, 2.24) is 4.90 Å². The molecule has 0 aromatic heterocycles. The molecule has 1 aromatic carbocycles. The van der Waals surface area contributed by atoms with E-state index in [0.29, 0.717) is 12.1 Å². The Morgan fingerprint density at radius 1 is 0.963 bits per heavy atom. The molecule has 0 spiro atoms. The van der Waals surface area contributed by atoms with Gasteiger partial charge in [0.15, 0.2) is 0 Å². The van der Waals surface area contributed by atoms with Crippen LogP contribution in [-0.4, -0.2) is 42.0 Å². The van der Waals surface area contributed by atoms with E-state index >= 15 is 0 Å². The second-order valence-corrected chi connectivity index (χ2v) is 6.22. The lowest BCUT2D eigenvalue weighted by molar-refractivity contribution is -0.151. The highest BCUT2D eigenvalue weighted by Crippen LogP contribution is 2.37. The van der Waals surface area contributed by atoms with Crippen LogP contribution < -0.4 is 5.32 Å². The Morgan fingerprint density at radius 2 is 1.41 bits per heavy atom. The minimum absolute atomic E-state index is 0.0667. The van der Waals surface area contributed by atoms with Crippen molar-refractivity contribution in [3.63, 3.8) is 0 Å². The zero-order valence-electron chi connectivity index (χ0n) is 14.2. The second kappa shape index (κ2) is 7.37. The van der Waals surface area contributed by atoms with Crippen molar-refractivity contribution in [2.45, 2.75) is 38.4 Å². The first-order valence-corrected chi connectivity index (χ1v) is 7.82. The van der Waals surface area contributed by atoms with Gasteiger partial charge >= 0.3 is 24.2 Å². The van der Waals surface area contributed by atoms with Crippen LogP contribution in [0.2, 0.25) is 0 Å². The van der Waals surface area contributed by atoms with Crippen LogP contribution in [0.25, 0.3) is 0 Å². The van der Waals surface area contributed by atoms with E-state index in [-0.39, 0.29) is 31.4 Å². The number of nitrogens with one attached hydrogen (secondary N) is 1. The van der Waals surface area contributed by atoms with Gasteiger partial charge in [-0.3, -0.25) is 9.59 Å². The van der Waals surface area contributed by atoms with E-state index in [2.05, 4.69) is 0 Å². The number of amides is 2. The van der Waals surface area contributed by atoms with E-state index in [9.17, 15) is 35.9 Å². The summed E-state index contributed by atoms with van der Waals surface area (Å²) in [6, 6.07) is 0.610. The first kappa shape index (κ1) is 21.0. The van der Waals surface area contributed by atoms with Gasteiger partial charge in [0.2, 0.25) is 0 Å². The Kier molecular flexibility index (Phi) is 5.74. The van der Waals surface area contributed by atoms with E-state index in [1.54, 1.807) is 13.8 Å². The molecule has 1 aliphatic heterocycles. The van der Waals surface area contributed by atoms with Crippen molar-refractivity contribution >= 4 is 17.5 Å². The van der Waals surface area contributed by atoms with Crippen molar-refractivity contribution in [3.8, 4) is 0 Å². The number of carbonyl (C=O) groups is 2. The minimum Gasteiger partial charge on any atom is -0.372 e. The molecular formula is C16H16F6N2O3. The lowest BCUT2D eigenvalue weighted by atomic mass is 10.1. The normalized spacial score (nSPS) is 21.1. The van der Waals surface area contributed by atoms with Gasteiger partial charge in [0, 0.05) is 18.8 Å². The van der Waals surface area contributed by atoms with Gasteiger partial charge in [-0.25, -0.2) is 0 Å². The summed E-state index contributed by atoms with van der Waals surface area (Å²) >= 11 is 0. The molecule has 0 saturated carbocycles. The predicted molar refractivity (Wildman–Crippen MR) is 81.7 cm³/mol. The average Bonchev–Trinajstić information content (AvgIpc) is 2.51. The summed E-state index contributed by atoms with van der Waals surface area (Å²) in [4.78, 5) is 25.3. The number of benzene rings is 1. The molecule has 1 heterocycles. The number of hydrogen-bond acceptors (Lipinski definition) is 3. The van der Waals surface area contributed by atoms with Gasteiger partial charge in [0.25, 0.3) is 0 Å².